The molecule has 2 rings (SSSR count). The van der Waals surface area contributed by atoms with Crippen molar-refractivity contribution in [3.8, 4) is 11.5 Å². The highest BCUT2D eigenvalue weighted by Gasteiger charge is 2.28. The Morgan fingerprint density at radius 1 is 1.11 bits per heavy atom. The van der Waals surface area contributed by atoms with Crippen LogP contribution in [0.4, 0.5) is 0 Å². The molecule has 1 heterocycles. The second-order valence-electron chi connectivity index (χ2n) is 7.00. The summed E-state index contributed by atoms with van der Waals surface area (Å²) in [6.07, 6.45) is 0. The van der Waals surface area contributed by atoms with Crippen molar-refractivity contribution in [3.05, 3.63) is 45.6 Å². The summed E-state index contributed by atoms with van der Waals surface area (Å²) in [6, 6.07) is 8.37. The Bertz CT molecular complexity index is 809. The Labute approximate surface area is 170 Å². The first kappa shape index (κ1) is 21.8. The Balaban J connectivity index is 2.15. The molecule has 1 N–H and O–H groups in total. The average molecular weight is 405 g/mol. The van der Waals surface area contributed by atoms with Crippen molar-refractivity contribution in [2.24, 2.45) is 5.92 Å². The largest absolute Gasteiger partial charge is 0.497 e. The van der Waals surface area contributed by atoms with E-state index in [4.69, 9.17) is 9.47 Å². The highest BCUT2D eigenvalue weighted by molar-refractivity contribution is 7.11. The Hall–Kier alpha value is -2.54. The van der Waals surface area contributed by atoms with Crippen LogP contribution in [0.15, 0.2) is 30.3 Å². The number of carbonyl (C=O) groups is 2. The van der Waals surface area contributed by atoms with Gasteiger partial charge in [-0.2, -0.15) is 0 Å². The third-order valence-corrected chi connectivity index (χ3v) is 5.38. The average Bonchev–Trinajstić information content (AvgIpc) is 3.08. The summed E-state index contributed by atoms with van der Waals surface area (Å²) in [5.74, 6) is 0.509. The van der Waals surface area contributed by atoms with Gasteiger partial charge in [0, 0.05) is 28.4 Å². The summed E-state index contributed by atoms with van der Waals surface area (Å²) in [7, 11) is 4.81. The molecule has 1 atom stereocenters. The van der Waals surface area contributed by atoms with E-state index >= 15 is 0 Å². The minimum absolute atomic E-state index is 0.0588. The van der Waals surface area contributed by atoms with Gasteiger partial charge in [-0.3, -0.25) is 9.59 Å². The second-order valence-corrected chi connectivity index (χ2v) is 8.38. The van der Waals surface area contributed by atoms with Crippen LogP contribution in [0.3, 0.4) is 0 Å². The van der Waals surface area contributed by atoms with Gasteiger partial charge in [0.05, 0.1) is 20.8 Å². The van der Waals surface area contributed by atoms with Crippen molar-refractivity contribution in [3.63, 3.8) is 0 Å². The van der Waals surface area contributed by atoms with Gasteiger partial charge in [0.15, 0.2) is 0 Å². The Morgan fingerprint density at radius 3 is 2.18 bits per heavy atom. The van der Waals surface area contributed by atoms with Crippen LogP contribution in [0.25, 0.3) is 0 Å². The van der Waals surface area contributed by atoms with Crippen molar-refractivity contribution >= 4 is 23.2 Å². The lowest BCUT2D eigenvalue weighted by molar-refractivity contribution is -0.133. The zero-order valence-corrected chi connectivity index (χ0v) is 18.1. The molecular formula is C21H28N2O4S. The normalized spacial score (nSPS) is 11.8. The molecule has 1 aromatic heterocycles. The van der Waals surface area contributed by atoms with Gasteiger partial charge >= 0.3 is 0 Å². The number of aryl methyl sites for hydroxylation is 1. The molecule has 0 aliphatic carbocycles. The number of nitrogens with one attached hydrogen (secondary N) is 1. The number of hydrogen-bond acceptors (Lipinski definition) is 5. The van der Waals surface area contributed by atoms with Crippen LogP contribution in [0.2, 0.25) is 0 Å². The number of likely N-dealkylation sites (N-methyl/N-ethyl adjacent to an activating group) is 1. The minimum atomic E-state index is -0.629. The second kappa shape index (κ2) is 9.59. The first-order valence-electron chi connectivity index (χ1n) is 9.09. The van der Waals surface area contributed by atoms with E-state index in [-0.39, 0.29) is 17.7 Å². The van der Waals surface area contributed by atoms with Crippen molar-refractivity contribution in [1.82, 2.24) is 10.2 Å². The molecule has 0 spiro atoms. The molecule has 1 unspecified atom stereocenters. The molecule has 0 saturated heterocycles. The predicted molar refractivity (Wildman–Crippen MR) is 111 cm³/mol. The molecule has 0 bridgehead atoms. The fourth-order valence-electron chi connectivity index (χ4n) is 2.80. The molecule has 6 nitrogen and oxygen atoms in total. The first-order valence-corrected chi connectivity index (χ1v) is 9.91. The predicted octanol–water partition coefficient (Wildman–Crippen LogP) is 3.49. The lowest BCUT2D eigenvalue weighted by Gasteiger charge is -2.27. The summed E-state index contributed by atoms with van der Waals surface area (Å²) in [5, 5.41) is 2.87. The Morgan fingerprint density at radius 2 is 1.71 bits per heavy atom. The molecule has 28 heavy (non-hydrogen) atoms. The highest BCUT2D eigenvalue weighted by atomic mass is 32.1. The van der Waals surface area contributed by atoms with Gasteiger partial charge in [0.1, 0.15) is 17.5 Å². The highest BCUT2D eigenvalue weighted by Crippen LogP contribution is 2.23. The maximum Gasteiger partial charge on any atom is 0.252 e. The molecule has 2 aromatic rings. The van der Waals surface area contributed by atoms with Crippen LogP contribution in [-0.2, 0) is 11.3 Å². The zero-order chi connectivity index (χ0) is 20.8. The molecule has 0 aliphatic heterocycles. The Kier molecular flexibility index (Phi) is 7.45. The summed E-state index contributed by atoms with van der Waals surface area (Å²) in [6.45, 7) is 6.38. The lowest BCUT2D eigenvalue weighted by Crippen LogP contribution is -2.50. The van der Waals surface area contributed by atoms with Gasteiger partial charge in [-0.1, -0.05) is 13.8 Å². The van der Waals surface area contributed by atoms with Gasteiger partial charge in [0.2, 0.25) is 5.91 Å². The monoisotopic (exact) mass is 404 g/mol. The fraction of sp³-hybridized carbons (Fsp3) is 0.429. The van der Waals surface area contributed by atoms with Crippen molar-refractivity contribution < 1.29 is 19.1 Å². The van der Waals surface area contributed by atoms with Crippen LogP contribution >= 0.6 is 11.3 Å². The molecule has 0 aliphatic rings. The summed E-state index contributed by atoms with van der Waals surface area (Å²) >= 11 is 1.66. The number of hydrogen-bond donors (Lipinski definition) is 1. The maximum absolute atomic E-state index is 13.0. The number of methoxy groups -OCH3 is 2. The first-order chi connectivity index (χ1) is 13.2. The molecule has 152 valence electrons. The summed E-state index contributed by atoms with van der Waals surface area (Å²) in [5.41, 5.74) is 0.381. The molecule has 0 saturated carbocycles. The fourth-order valence-corrected chi connectivity index (χ4v) is 3.74. The van der Waals surface area contributed by atoms with Gasteiger partial charge in [-0.05, 0) is 37.1 Å². The molecule has 0 fully saturated rings. The number of rotatable bonds is 8. The molecule has 0 radical (unpaired) electrons. The van der Waals surface area contributed by atoms with Crippen LogP contribution in [-0.4, -0.2) is 44.0 Å². The maximum atomic E-state index is 13.0. The molecule has 7 heteroatoms. The van der Waals surface area contributed by atoms with Gasteiger partial charge in [0.25, 0.3) is 5.91 Å². The van der Waals surface area contributed by atoms with Crippen molar-refractivity contribution in [2.45, 2.75) is 33.4 Å². The minimum Gasteiger partial charge on any atom is -0.497 e. The number of benzene rings is 1. The van der Waals surface area contributed by atoms with Crippen molar-refractivity contribution in [1.29, 1.82) is 0 Å². The summed E-state index contributed by atoms with van der Waals surface area (Å²) < 4.78 is 10.4. The van der Waals surface area contributed by atoms with E-state index in [1.54, 1.807) is 41.5 Å². The molecular weight excluding hydrogens is 376 g/mol. The number of ether oxygens (including phenoxy) is 2. The van der Waals surface area contributed by atoms with Crippen LogP contribution in [0, 0.1) is 12.8 Å². The number of nitrogens with zero attached hydrogens (tertiary/aromatic N) is 1. The van der Waals surface area contributed by atoms with E-state index < -0.39 is 6.04 Å². The SMILES string of the molecule is COc1cc(OC)cc(C(=O)NC(C(=O)N(C)Cc2ccc(C)s2)C(C)C)c1. The summed E-state index contributed by atoms with van der Waals surface area (Å²) in [4.78, 5) is 29.7. The van der Waals surface area contributed by atoms with Crippen molar-refractivity contribution in [2.75, 3.05) is 21.3 Å². The van der Waals surface area contributed by atoms with Gasteiger partial charge < -0.3 is 19.7 Å². The number of carbonyl (C=O) groups excluding carboxylic acids is 2. The molecule has 2 amide bonds. The zero-order valence-electron chi connectivity index (χ0n) is 17.2. The van der Waals surface area contributed by atoms with E-state index in [1.807, 2.05) is 32.9 Å². The van der Waals surface area contributed by atoms with Crippen LogP contribution in [0.5, 0.6) is 11.5 Å². The third-order valence-electron chi connectivity index (χ3n) is 4.40. The third kappa shape index (κ3) is 5.48. The molecule has 1 aromatic carbocycles. The number of thiophene rings is 1. The van der Waals surface area contributed by atoms with Gasteiger partial charge in [-0.25, -0.2) is 0 Å². The van der Waals surface area contributed by atoms with E-state index in [0.717, 1.165) is 4.88 Å². The van der Waals surface area contributed by atoms with Crippen LogP contribution < -0.4 is 14.8 Å². The standard InChI is InChI=1S/C21H28N2O4S/c1-13(2)19(21(25)23(4)12-18-8-7-14(3)28-18)22-20(24)15-9-16(26-5)11-17(10-15)27-6/h7-11,13,19H,12H2,1-6H3,(H,22,24). The smallest absolute Gasteiger partial charge is 0.252 e. The quantitative estimate of drug-likeness (QED) is 0.731. The topological polar surface area (TPSA) is 67.9 Å². The number of amides is 2. The van der Waals surface area contributed by atoms with E-state index in [1.165, 1.54) is 19.1 Å². The van der Waals surface area contributed by atoms with Crippen LogP contribution in [0.1, 0.15) is 34.0 Å². The van der Waals surface area contributed by atoms with E-state index in [0.29, 0.717) is 23.6 Å². The lowest BCUT2D eigenvalue weighted by atomic mass is 10.0. The van der Waals surface area contributed by atoms with Gasteiger partial charge in [-0.15, -0.1) is 11.3 Å². The van der Waals surface area contributed by atoms with E-state index in [2.05, 4.69) is 5.32 Å². The van der Waals surface area contributed by atoms with E-state index in [9.17, 15) is 9.59 Å².